The van der Waals surface area contributed by atoms with Gasteiger partial charge in [0.2, 0.25) is 5.88 Å². The number of rotatable bonds is 8. The van der Waals surface area contributed by atoms with E-state index >= 15 is 0 Å². The zero-order chi connectivity index (χ0) is 23.3. The van der Waals surface area contributed by atoms with E-state index in [1.165, 1.54) is 5.56 Å². The van der Waals surface area contributed by atoms with E-state index < -0.39 is 10.0 Å². The summed E-state index contributed by atoms with van der Waals surface area (Å²) in [5.41, 5.74) is 3.10. The van der Waals surface area contributed by atoms with Crippen LogP contribution in [-0.4, -0.2) is 25.9 Å². The zero-order valence-electron chi connectivity index (χ0n) is 18.5. The summed E-state index contributed by atoms with van der Waals surface area (Å²) in [5.74, 6) is 0.373. The van der Waals surface area contributed by atoms with Gasteiger partial charge in [0.1, 0.15) is 11.3 Å². The number of fused-ring (bicyclic) bond motifs is 1. The number of pyridine rings is 1. The van der Waals surface area contributed by atoms with Crippen LogP contribution in [0.25, 0.3) is 0 Å². The molecule has 1 aliphatic carbocycles. The van der Waals surface area contributed by atoms with E-state index in [-0.39, 0.29) is 16.7 Å². The maximum absolute atomic E-state index is 12.9. The quantitative estimate of drug-likeness (QED) is 0.503. The van der Waals surface area contributed by atoms with Crippen molar-refractivity contribution in [3.05, 3.63) is 77.5 Å². The number of anilines is 1. The summed E-state index contributed by atoms with van der Waals surface area (Å²) in [6.07, 6.45) is 6.52. The number of nitrogens with zero attached hydrogens (tertiary/aromatic N) is 1. The van der Waals surface area contributed by atoms with Gasteiger partial charge in [-0.3, -0.25) is 9.52 Å². The Morgan fingerprint density at radius 3 is 2.55 bits per heavy atom. The Balaban J connectivity index is 1.47. The Hall–Kier alpha value is -3.39. The molecule has 33 heavy (non-hydrogen) atoms. The van der Waals surface area contributed by atoms with Crippen molar-refractivity contribution in [2.24, 2.45) is 0 Å². The number of hydrogen-bond donors (Lipinski definition) is 2. The van der Waals surface area contributed by atoms with Crippen molar-refractivity contribution in [1.82, 2.24) is 10.3 Å². The molecule has 0 saturated heterocycles. The average molecular weight is 466 g/mol. The third-order valence-electron chi connectivity index (χ3n) is 5.50. The van der Waals surface area contributed by atoms with E-state index in [1.54, 1.807) is 54.7 Å². The highest BCUT2D eigenvalue weighted by Gasteiger charge is 2.18. The third kappa shape index (κ3) is 5.51. The van der Waals surface area contributed by atoms with Crippen LogP contribution in [-0.2, 0) is 22.9 Å². The number of aryl methyl sites for hydroxylation is 2. The summed E-state index contributed by atoms with van der Waals surface area (Å²) in [6.45, 7) is 2.54. The minimum atomic E-state index is -3.70. The van der Waals surface area contributed by atoms with E-state index in [9.17, 15) is 13.2 Å². The molecule has 1 amide bonds. The number of sulfonamides is 1. The molecule has 3 aromatic rings. The maximum Gasteiger partial charge on any atom is 0.261 e. The molecule has 1 heterocycles. The first-order valence-corrected chi connectivity index (χ1v) is 12.6. The molecule has 4 rings (SSSR count). The second kappa shape index (κ2) is 10.0. The van der Waals surface area contributed by atoms with Gasteiger partial charge in [0.15, 0.2) is 0 Å². The Kier molecular flexibility index (Phi) is 6.93. The summed E-state index contributed by atoms with van der Waals surface area (Å²) in [7, 11) is -3.70. The molecular formula is C25H27N3O4S. The second-order valence-electron chi connectivity index (χ2n) is 7.98. The first kappa shape index (κ1) is 22.8. The van der Waals surface area contributed by atoms with Crippen LogP contribution in [0.2, 0.25) is 0 Å². The molecule has 0 radical (unpaired) electrons. The number of amides is 1. The van der Waals surface area contributed by atoms with Crippen molar-refractivity contribution >= 4 is 21.6 Å². The monoisotopic (exact) mass is 465 g/mol. The predicted octanol–water partition coefficient (Wildman–Crippen LogP) is 4.69. The topological polar surface area (TPSA) is 97.4 Å². The minimum Gasteiger partial charge on any atom is -0.438 e. The molecule has 0 spiro atoms. The van der Waals surface area contributed by atoms with Crippen LogP contribution in [0.3, 0.4) is 0 Å². The van der Waals surface area contributed by atoms with Gasteiger partial charge in [-0.25, -0.2) is 13.4 Å². The highest BCUT2D eigenvalue weighted by atomic mass is 32.2. The summed E-state index contributed by atoms with van der Waals surface area (Å²) < 4.78 is 34.2. The maximum atomic E-state index is 12.9. The SMILES string of the molecule is CCCNC(=O)c1cccnc1Oc1ccc(NS(=O)(=O)c2ccc3c(c2)CCCC3)cc1. The van der Waals surface area contributed by atoms with E-state index in [1.807, 2.05) is 13.0 Å². The number of carbonyl (C=O) groups excluding carboxylic acids is 1. The van der Waals surface area contributed by atoms with E-state index in [2.05, 4.69) is 15.0 Å². The van der Waals surface area contributed by atoms with Crippen molar-refractivity contribution in [1.29, 1.82) is 0 Å². The molecule has 0 unspecified atom stereocenters. The van der Waals surface area contributed by atoms with Gasteiger partial charge >= 0.3 is 0 Å². The lowest BCUT2D eigenvalue weighted by Gasteiger charge is -2.17. The van der Waals surface area contributed by atoms with Crippen LogP contribution in [0, 0.1) is 0 Å². The Labute approximate surface area is 194 Å². The fourth-order valence-corrected chi connectivity index (χ4v) is 4.88. The van der Waals surface area contributed by atoms with Crippen LogP contribution in [0.15, 0.2) is 65.7 Å². The van der Waals surface area contributed by atoms with Crippen LogP contribution in [0.5, 0.6) is 11.6 Å². The van der Waals surface area contributed by atoms with Crippen molar-refractivity contribution in [3.8, 4) is 11.6 Å². The second-order valence-corrected chi connectivity index (χ2v) is 9.66. The Morgan fingerprint density at radius 2 is 1.79 bits per heavy atom. The smallest absolute Gasteiger partial charge is 0.261 e. The molecule has 2 N–H and O–H groups in total. The summed E-state index contributed by atoms with van der Waals surface area (Å²) in [5, 5.41) is 2.81. The largest absolute Gasteiger partial charge is 0.438 e. The third-order valence-corrected chi connectivity index (χ3v) is 6.88. The first-order chi connectivity index (χ1) is 16.0. The number of carbonyl (C=O) groups is 1. The van der Waals surface area contributed by atoms with Gasteiger partial charge in [0.05, 0.1) is 4.90 Å². The molecule has 0 atom stereocenters. The Morgan fingerprint density at radius 1 is 1.03 bits per heavy atom. The molecule has 0 saturated carbocycles. The predicted molar refractivity (Wildman–Crippen MR) is 127 cm³/mol. The van der Waals surface area contributed by atoms with Gasteiger partial charge in [0.25, 0.3) is 15.9 Å². The molecule has 0 aliphatic heterocycles. The van der Waals surface area contributed by atoms with Crippen molar-refractivity contribution in [2.75, 3.05) is 11.3 Å². The summed E-state index contributed by atoms with van der Waals surface area (Å²) >= 11 is 0. The number of hydrogen-bond acceptors (Lipinski definition) is 5. The highest BCUT2D eigenvalue weighted by molar-refractivity contribution is 7.92. The molecule has 7 nitrogen and oxygen atoms in total. The normalized spacial score (nSPS) is 13.1. The van der Waals surface area contributed by atoms with Crippen molar-refractivity contribution in [2.45, 2.75) is 43.9 Å². The van der Waals surface area contributed by atoms with Gasteiger partial charge in [0, 0.05) is 18.4 Å². The first-order valence-electron chi connectivity index (χ1n) is 11.1. The molecule has 8 heteroatoms. The molecular weight excluding hydrogens is 438 g/mol. The van der Waals surface area contributed by atoms with Gasteiger partial charge in [-0.2, -0.15) is 0 Å². The van der Waals surface area contributed by atoms with Crippen molar-refractivity contribution < 1.29 is 17.9 Å². The van der Waals surface area contributed by atoms with Gasteiger partial charge < -0.3 is 10.1 Å². The zero-order valence-corrected chi connectivity index (χ0v) is 19.3. The Bertz CT molecular complexity index is 1240. The van der Waals surface area contributed by atoms with Gasteiger partial charge in [-0.1, -0.05) is 13.0 Å². The molecule has 1 aliphatic rings. The lowest BCUT2D eigenvalue weighted by Crippen LogP contribution is -2.24. The number of aromatic nitrogens is 1. The molecule has 172 valence electrons. The van der Waals surface area contributed by atoms with E-state index in [0.717, 1.165) is 37.7 Å². The van der Waals surface area contributed by atoms with Crippen LogP contribution >= 0.6 is 0 Å². The van der Waals surface area contributed by atoms with Gasteiger partial charge in [-0.15, -0.1) is 0 Å². The lowest BCUT2D eigenvalue weighted by atomic mass is 9.92. The fourth-order valence-electron chi connectivity index (χ4n) is 3.77. The number of benzene rings is 2. The van der Waals surface area contributed by atoms with Crippen LogP contribution in [0.4, 0.5) is 5.69 Å². The van der Waals surface area contributed by atoms with Crippen LogP contribution in [0.1, 0.15) is 47.7 Å². The molecule has 1 aromatic heterocycles. The molecule has 0 bridgehead atoms. The summed E-state index contributed by atoms with van der Waals surface area (Å²) in [6, 6.07) is 15.2. The lowest BCUT2D eigenvalue weighted by molar-refractivity contribution is 0.0950. The van der Waals surface area contributed by atoms with E-state index in [4.69, 9.17) is 4.74 Å². The molecule has 2 aromatic carbocycles. The van der Waals surface area contributed by atoms with Crippen molar-refractivity contribution in [3.63, 3.8) is 0 Å². The average Bonchev–Trinajstić information content (AvgIpc) is 2.83. The molecule has 0 fully saturated rings. The van der Waals surface area contributed by atoms with Gasteiger partial charge in [-0.05, 0) is 91.8 Å². The standard InChI is InChI=1S/C25H27N3O4S/c1-2-15-26-24(29)23-8-5-16-27-25(23)32-21-12-10-20(11-13-21)28-33(30,31)22-14-9-18-6-3-4-7-19(18)17-22/h5,8-14,16-17,28H,2-4,6-7,15H2,1H3,(H,26,29). The highest BCUT2D eigenvalue weighted by Crippen LogP contribution is 2.27. The van der Waals surface area contributed by atoms with E-state index in [0.29, 0.717) is 23.5 Å². The number of nitrogens with one attached hydrogen (secondary N) is 2. The number of ether oxygens (including phenoxy) is 1. The summed E-state index contributed by atoms with van der Waals surface area (Å²) in [4.78, 5) is 16.8. The fraction of sp³-hybridized carbons (Fsp3) is 0.280. The minimum absolute atomic E-state index is 0.188. The van der Waals surface area contributed by atoms with Crippen LogP contribution < -0.4 is 14.8 Å².